The van der Waals surface area contributed by atoms with E-state index in [1.54, 1.807) is 0 Å². The van der Waals surface area contributed by atoms with Crippen LogP contribution in [0.4, 0.5) is 4.79 Å². The number of amides is 1. The summed E-state index contributed by atoms with van der Waals surface area (Å²) in [5.74, 6) is 0. The molecule has 0 saturated carbocycles. The summed E-state index contributed by atoms with van der Waals surface area (Å²) in [6, 6.07) is 0. The molecule has 0 rings (SSSR count). The zero-order chi connectivity index (χ0) is 4.28. The van der Waals surface area contributed by atoms with Gasteiger partial charge in [0.05, 0.1) is 0 Å². The first-order chi connectivity index (χ1) is 2.27. The van der Waals surface area contributed by atoms with E-state index in [9.17, 15) is 4.79 Å². The first-order valence-electron chi connectivity index (χ1n) is 1.18. The maximum absolute atomic E-state index is 9.26. The Labute approximate surface area is 68.6 Å². The molecule has 0 bridgehead atoms. The molecule has 1 amide bonds. The first-order valence-corrected chi connectivity index (χ1v) is 1.18. The molecule has 3 nitrogen and oxygen atoms in total. The van der Waals surface area contributed by atoms with Gasteiger partial charge in [0.25, 0.3) is 0 Å². The van der Waals surface area contributed by atoms with Crippen molar-refractivity contribution in [1.29, 1.82) is 0 Å². The Balaban J connectivity index is 0. The maximum Gasteiger partial charge on any atom is 0.404 e. The number of hydrogen-bond acceptors (Lipinski definition) is 1. The fourth-order valence-electron chi connectivity index (χ4n) is 0. The molecule has 0 aromatic rings. The van der Waals surface area contributed by atoms with E-state index >= 15 is 0 Å². The van der Waals surface area contributed by atoms with Crippen molar-refractivity contribution in [3.63, 3.8) is 0 Å². The van der Waals surface area contributed by atoms with Gasteiger partial charge < -0.3 is 10.4 Å². The minimum atomic E-state index is -0.995. The van der Waals surface area contributed by atoms with Gasteiger partial charge in [-0.25, -0.2) is 4.79 Å². The average molecular weight is 219 g/mol. The van der Waals surface area contributed by atoms with Crippen LogP contribution in [0, 0.1) is 40.8 Å². The van der Waals surface area contributed by atoms with E-state index in [1.165, 1.54) is 7.05 Å². The third-order valence-corrected chi connectivity index (χ3v) is 0.214. The number of hydrogen-bond donors (Lipinski definition) is 2. The number of carboxylic acid groups (broad SMARTS) is 1. The molecule has 0 spiro atoms. The summed E-state index contributed by atoms with van der Waals surface area (Å²) in [6.07, 6.45) is -0.995. The van der Waals surface area contributed by atoms with Crippen LogP contribution in [0.1, 0.15) is 0 Å². The van der Waals surface area contributed by atoms with Gasteiger partial charge in [0.1, 0.15) is 0 Å². The molecule has 0 aliphatic heterocycles. The molecule has 6 heavy (non-hydrogen) atoms. The smallest absolute Gasteiger partial charge is 0.404 e. The van der Waals surface area contributed by atoms with Crippen molar-refractivity contribution < 1.29 is 50.7 Å². The van der Waals surface area contributed by atoms with Crippen molar-refractivity contribution in [2.75, 3.05) is 7.05 Å². The maximum atomic E-state index is 9.26. The van der Waals surface area contributed by atoms with Crippen LogP contribution in [0.25, 0.3) is 0 Å². The molecule has 0 aliphatic rings. The van der Waals surface area contributed by atoms with Crippen LogP contribution >= 0.6 is 0 Å². The minimum Gasteiger partial charge on any atom is -0.465 e. The van der Waals surface area contributed by atoms with E-state index in [0.717, 1.165) is 0 Å². The fourth-order valence-corrected chi connectivity index (χ4v) is 0. The van der Waals surface area contributed by atoms with Crippen molar-refractivity contribution in [3.8, 4) is 0 Å². The molecule has 0 saturated heterocycles. The molecule has 0 aliphatic carbocycles. The number of rotatable bonds is 0. The standard InChI is InChI=1S/C2H5NO2.Nd/c1-3-2(4)5;/h3H,1H3,(H,4,5);. The van der Waals surface area contributed by atoms with Crippen molar-refractivity contribution in [1.82, 2.24) is 5.32 Å². The summed E-state index contributed by atoms with van der Waals surface area (Å²) in [5.41, 5.74) is 0. The molecule has 2 N–H and O–H groups in total. The molecule has 0 aromatic heterocycles. The third kappa shape index (κ3) is 8.82. The van der Waals surface area contributed by atoms with Gasteiger partial charge in [-0.1, -0.05) is 0 Å². The summed E-state index contributed by atoms with van der Waals surface area (Å²) in [4.78, 5) is 9.26. The Morgan fingerprint density at radius 2 is 2.00 bits per heavy atom. The second-order valence-corrected chi connectivity index (χ2v) is 0.555. The summed E-state index contributed by atoms with van der Waals surface area (Å²) in [6.45, 7) is 0. The molecule has 4 heteroatoms. The molecule has 0 aromatic carbocycles. The van der Waals surface area contributed by atoms with Crippen LogP contribution in [-0.2, 0) is 0 Å². The van der Waals surface area contributed by atoms with Crippen molar-refractivity contribution in [2.24, 2.45) is 0 Å². The molecule has 0 heterocycles. The molecule has 0 atom stereocenters. The Morgan fingerprint density at radius 1 is 1.83 bits per heavy atom. The molecule has 0 fully saturated rings. The van der Waals surface area contributed by atoms with Gasteiger partial charge in [-0.15, -0.1) is 0 Å². The van der Waals surface area contributed by atoms with E-state index in [-0.39, 0.29) is 40.8 Å². The fraction of sp³-hybridized carbons (Fsp3) is 0.500. The van der Waals surface area contributed by atoms with Crippen LogP contribution in [-0.4, -0.2) is 18.2 Å². The van der Waals surface area contributed by atoms with E-state index < -0.39 is 6.09 Å². The van der Waals surface area contributed by atoms with Crippen molar-refractivity contribution in [3.05, 3.63) is 0 Å². The Morgan fingerprint density at radius 3 is 2.00 bits per heavy atom. The molecular weight excluding hydrogens is 214 g/mol. The predicted octanol–water partition coefficient (Wildman–Crippen LogP) is -0.116. The Kier molecular flexibility index (Phi) is 9.18. The molecule has 0 unspecified atom stereocenters. The first kappa shape index (κ1) is 9.80. The summed E-state index contributed by atoms with van der Waals surface area (Å²) < 4.78 is 0. The molecular formula is C2H5NNdO2. The van der Waals surface area contributed by atoms with Crippen molar-refractivity contribution in [2.45, 2.75) is 0 Å². The molecule has 34 valence electrons. The number of nitrogens with one attached hydrogen (secondary N) is 1. The van der Waals surface area contributed by atoms with Crippen LogP contribution in [0.15, 0.2) is 0 Å². The second kappa shape index (κ2) is 5.62. The topological polar surface area (TPSA) is 49.3 Å². The monoisotopic (exact) mass is 217 g/mol. The van der Waals surface area contributed by atoms with E-state index in [2.05, 4.69) is 0 Å². The molecule has 0 radical (unpaired) electrons. The van der Waals surface area contributed by atoms with Gasteiger partial charge in [0, 0.05) is 47.9 Å². The quantitative estimate of drug-likeness (QED) is 0.597. The minimum absolute atomic E-state index is 0. The van der Waals surface area contributed by atoms with Gasteiger partial charge in [0.2, 0.25) is 0 Å². The van der Waals surface area contributed by atoms with Gasteiger partial charge in [-0.05, 0) is 0 Å². The normalized spacial score (nSPS) is 5.50. The van der Waals surface area contributed by atoms with E-state index in [1.807, 2.05) is 5.32 Å². The van der Waals surface area contributed by atoms with Crippen LogP contribution in [0.2, 0.25) is 0 Å². The summed E-state index contributed by atoms with van der Waals surface area (Å²) in [7, 11) is 1.35. The number of carbonyl (C=O) groups is 1. The van der Waals surface area contributed by atoms with E-state index in [0.29, 0.717) is 0 Å². The van der Waals surface area contributed by atoms with Crippen LogP contribution < -0.4 is 5.32 Å². The third-order valence-electron chi connectivity index (χ3n) is 0.214. The van der Waals surface area contributed by atoms with Crippen LogP contribution in [0.3, 0.4) is 0 Å². The Hall–Kier alpha value is 0.621. The summed E-state index contributed by atoms with van der Waals surface area (Å²) in [5, 5.41) is 9.56. The van der Waals surface area contributed by atoms with Gasteiger partial charge >= 0.3 is 6.09 Å². The average Bonchev–Trinajstić information content (AvgIpc) is 1.38. The zero-order valence-corrected chi connectivity index (χ0v) is 6.56. The van der Waals surface area contributed by atoms with Gasteiger partial charge in [-0.2, -0.15) is 0 Å². The zero-order valence-electron chi connectivity index (χ0n) is 3.36. The van der Waals surface area contributed by atoms with Gasteiger partial charge in [0.15, 0.2) is 0 Å². The van der Waals surface area contributed by atoms with Crippen LogP contribution in [0.5, 0.6) is 0 Å². The SMILES string of the molecule is CNC(=O)O.[Nd]. The van der Waals surface area contributed by atoms with E-state index in [4.69, 9.17) is 5.11 Å². The second-order valence-electron chi connectivity index (χ2n) is 0.555. The largest absolute Gasteiger partial charge is 0.465 e. The van der Waals surface area contributed by atoms with Gasteiger partial charge in [-0.3, -0.25) is 0 Å². The van der Waals surface area contributed by atoms with Crippen molar-refractivity contribution >= 4 is 6.09 Å². The predicted molar refractivity (Wildman–Crippen MR) is 17.1 cm³/mol. The Bertz CT molecular complexity index is 46.8. The summed E-state index contributed by atoms with van der Waals surface area (Å²) >= 11 is 0.